The van der Waals surface area contributed by atoms with Crippen molar-refractivity contribution in [3.8, 4) is 0 Å². The minimum atomic E-state index is -4.32. The van der Waals surface area contributed by atoms with Crippen LogP contribution in [0.3, 0.4) is 0 Å². The normalized spacial score (nSPS) is 11.3. The molecule has 0 aliphatic rings. The lowest BCUT2D eigenvalue weighted by Gasteiger charge is -2.06. The molecule has 0 unspecified atom stereocenters. The zero-order valence-corrected chi connectivity index (χ0v) is 13.7. The van der Waals surface area contributed by atoms with Gasteiger partial charge in [-0.2, -0.15) is 13.2 Å². The number of benzene rings is 1. The van der Waals surface area contributed by atoms with Gasteiger partial charge >= 0.3 is 11.6 Å². The Labute approximate surface area is 141 Å². The molecule has 0 aliphatic heterocycles. The number of hydrogen-bond donors (Lipinski definition) is 2. The monoisotopic (exact) mass is 362 g/mol. The maximum Gasteiger partial charge on any atom is 0.446 e. The Hall–Kier alpha value is -2.16. The van der Waals surface area contributed by atoms with E-state index in [-0.39, 0.29) is 42.3 Å². The molecule has 0 fully saturated rings. The predicted molar refractivity (Wildman–Crippen MR) is 85.4 cm³/mol. The van der Waals surface area contributed by atoms with Crippen LogP contribution in [0.4, 0.5) is 18.0 Å². The van der Waals surface area contributed by atoms with Crippen molar-refractivity contribution in [3.05, 3.63) is 35.9 Å². The first-order valence-corrected chi connectivity index (χ1v) is 7.84. The van der Waals surface area contributed by atoms with Crippen LogP contribution in [0.1, 0.15) is 12.5 Å². The molecule has 0 heterocycles. The predicted octanol–water partition coefficient (Wildman–Crippen LogP) is 3.17. The number of halogens is 3. The van der Waals surface area contributed by atoms with Gasteiger partial charge in [-0.05, 0) is 42.5 Å². The largest absolute Gasteiger partial charge is 0.450 e. The Kier molecular flexibility index (Phi) is 8.17. The van der Waals surface area contributed by atoms with Crippen LogP contribution in [0.5, 0.6) is 0 Å². The summed E-state index contributed by atoms with van der Waals surface area (Å²) in [6, 6.07) is 5.64. The number of amides is 2. The van der Waals surface area contributed by atoms with Gasteiger partial charge in [0, 0.05) is 24.1 Å². The van der Waals surface area contributed by atoms with Crippen LogP contribution in [0.2, 0.25) is 0 Å². The molecule has 0 radical (unpaired) electrons. The minimum absolute atomic E-state index is 0.0779. The number of carbonyl (C=O) groups excluding carboxylic acids is 2. The number of rotatable bonds is 7. The van der Waals surface area contributed by atoms with Crippen molar-refractivity contribution in [1.82, 2.24) is 10.6 Å². The maximum absolute atomic E-state index is 12.2. The molecule has 1 rings (SSSR count). The Morgan fingerprint density at radius 3 is 2.38 bits per heavy atom. The van der Waals surface area contributed by atoms with E-state index in [1.807, 2.05) is 0 Å². The fraction of sp³-hybridized carbons (Fsp3) is 0.333. The van der Waals surface area contributed by atoms with Gasteiger partial charge in [-0.25, -0.2) is 4.79 Å². The van der Waals surface area contributed by atoms with Crippen LogP contribution in [-0.2, 0) is 9.53 Å². The number of nitrogens with one attached hydrogen (secondary N) is 2. The van der Waals surface area contributed by atoms with Crippen LogP contribution in [0.25, 0.3) is 6.08 Å². The highest BCUT2D eigenvalue weighted by Gasteiger charge is 2.28. The Morgan fingerprint density at radius 2 is 1.79 bits per heavy atom. The summed E-state index contributed by atoms with van der Waals surface area (Å²) in [5.74, 6) is -0.380. The van der Waals surface area contributed by atoms with E-state index in [0.717, 1.165) is 0 Å². The van der Waals surface area contributed by atoms with E-state index in [9.17, 15) is 22.8 Å². The van der Waals surface area contributed by atoms with Gasteiger partial charge < -0.3 is 15.4 Å². The van der Waals surface area contributed by atoms with Crippen LogP contribution >= 0.6 is 11.8 Å². The zero-order chi connectivity index (χ0) is 18.0. The van der Waals surface area contributed by atoms with Crippen molar-refractivity contribution in [2.75, 3.05) is 19.7 Å². The summed E-state index contributed by atoms with van der Waals surface area (Å²) < 4.78 is 41.2. The molecule has 0 bridgehead atoms. The molecule has 9 heteroatoms. The van der Waals surface area contributed by atoms with E-state index < -0.39 is 11.6 Å². The van der Waals surface area contributed by atoms with E-state index >= 15 is 0 Å². The van der Waals surface area contributed by atoms with Crippen molar-refractivity contribution in [1.29, 1.82) is 0 Å². The second-order valence-corrected chi connectivity index (χ2v) is 5.53. The lowest BCUT2D eigenvalue weighted by molar-refractivity contribution is -0.116. The summed E-state index contributed by atoms with van der Waals surface area (Å²) in [5.41, 5.74) is -3.73. The molecule has 0 spiro atoms. The molecule has 132 valence electrons. The second-order valence-electron chi connectivity index (χ2n) is 4.39. The minimum Gasteiger partial charge on any atom is -0.450 e. The van der Waals surface area contributed by atoms with Gasteiger partial charge in [0.15, 0.2) is 0 Å². The quantitative estimate of drug-likeness (QED) is 0.444. The fourth-order valence-corrected chi connectivity index (χ4v) is 2.08. The average molecular weight is 362 g/mol. The van der Waals surface area contributed by atoms with Crippen LogP contribution in [-0.4, -0.2) is 37.2 Å². The molecule has 0 aromatic heterocycles. The first-order valence-electron chi connectivity index (χ1n) is 7.02. The Bertz CT molecular complexity index is 574. The highest BCUT2D eigenvalue weighted by molar-refractivity contribution is 8.00. The molecule has 24 heavy (non-hydrogen) atoms. The molecule has 1 aromatic carbocycles. The summed E-state index contributed by atoms with van der Waals surface area (Å²) in [6.45, 7) is 2.40. The molecular formula is C15H17F3N2O3S. The van der Waals surface area contributed by atoms with Gasteiger partial charge in [-0.15, -0.1) is 0 Å². The van der Waals surface area contributed by atoms with Crippen molar-refractivity contribution in [2.45, 2.75) is 17.3 Å². The number of ether oxygens (including phenoxy) is 1. The topological polar surface area (TPSA) is 67.4 Å². The summed E-state index contributed by atoms with van der Waals surface area (Å²) in [5, 5.41) is 4.99. The van der Waals surface area contributed by atoms with E-state index in [2.05, 4.69) is 15.4 Å². The lowest BCUT2D eigenvalue weighted by Crippen LogP contribution is -2.34. The van der Waals surface area contributed by atoms with E-state index in [4.69, 9.17) is 0 Å². The van der Waals surface area contributed by atoms with E-state index in [0.29, 0.717) is 5.56 Å². The van der Waals surface area contributed by atoms with Crippen molar-refractivity contribution >= 4 is 29.8 Å². The van der Waals surface area contributed by atoms with E-state index in [1.165, 1.54) is 36.4 Å². The van der Waals surface area contributed by atoms with Gasteiger partial charge in [-0.1, -0.05) is 12.1 Å². The van der Waals surface area contributed by atoms with Gasteiger partial charge in [-0.3, -0.25) is 4.79 Å². The highest BCUT2D eigenvalue weighted by atomic mass is 32.2. The molecule has 1 aromatic rings. The van der Waals surface area contributed by atoms with Gasteiger partial charge in [0.1, 0.15) is 0 Å². The molecule has 0 saturated heterocycles. The van der Waals surface area contributed by atoms with Crippen molar-refractivity contribution < 1.29 is 27.5 Å². The summed E-state index contributed by atoms with van der Waals surface area (Å²) in [7, 11) is 0. The summed E-state index contributed by atoms with van der Waals surface area (Å²) >= 11 is -0.195. The fourth-order valence-electron chi connectivity index (χ4n) is 1.54. The van der Waals surface area contributed by atoms with Crippen molar-refractivity contribution in [3.63, 3.8) is 0 Å². The number of alkyl carbamates (subject to hydrolysis) is 1. The summed E-state index contributed by atoms with van der Waals surface area (Å²) in [6.07, 6.45) is 2.19. The molecule has 5 nitrogen and oxygen atoms in total. The molecule has 0 atom stereocenters. The standard InChI is InChI=1S/C15H17F3N2O3S/c1-2-23-14(22)20-10-9-19-13(21)8-5-11-3-6-12(7-4-11)24-15(16,17)18/h3-8H,2,9-10H2,1H3,(H,19,21)(H,20,22)/b8-5+. The SMILES string of the molecule is CCOC(=O)NCCNC(=O)/C=C/c1ccc(SC(F)(F)F)cc1. The molecular weight excluding hydrogens is 345 g/mol. The maximum atomic E-state index is 12.2. The third kappa shape index (κ3) is 9.09. The molecule has 2 N–H and O–H groups in total. The lowest BCUT2D eigenvalue weighted by atomic mass is 10.2. The van der Waals surface area contributed by atoms with Crippen LogP contribution in [0, 0.1) is 0 Å². The van der Waals surface area contributed by atoms with Gasteiger partial charge in [0.2, 0.25) is 5.91 Å². The average Bonchev–Trinajstić information content (AvgIpc) is 2.50. The first-order chi connectivity index (χ1) is 11.3. The van der Waals surface area contributed by atoms with E-state index in [1.54, 1.807) is 6.92 Å². The number of hydrogen-bond acceptors (Lipinski definition) is 4. The number of carbonyl (C=O) groups is 2. The molecule has 0 saturated carbocycles. The Balaban J connectivity index is 2.35. The van der Waals surface area contributed by atoms with Crippen LogP contribution in [0.15, 0.2) is 35.2 Å². The molecule has 0 aliphatic carbocycles. The second kappa shape index (κ2) is 9.86. The zero-order valence-electron chi connectivity index (χ0n) is 12.9. The van der Waals surface area contributed by atoms with Crippen LogP contribution < -0.4 is 10.6 Å². The number of thioether (sulfide) groups is 1. The highest BCUT2D eigenvalue weighted by Crippen LogP contribution is 2.36. The number of alkyl halides is 3. The molecule has 2 amide bonds. The smallest absolute Gasteiger partial charge is 0.446 e. The third-order valence-corrected chi connectivity index (χ3v) is 3.25. The van der Waals surface area contributed by atoms with Gasteiger partial charge in [0.25, 0.3) is 0 Å². The third-order valence-electron chi connectivity index (χ3n) is 2.51. The first kappa shape index (κ1) is 19.9. The van der Waals surface area contributed by atoms with Crippen molar-refractivity contribution in [2.24, 2.45) is 0 Å². The van der Waals surface area contributed by atoms with Gasteiger partial charge in [0.05, 0.1) is 6.61 Å². The Morgan fingerprint density at radius 1 is 1.17 bits per heavy atom. The summed E-state index contributed by atoms with van der Waals surface area (Å²) in [4.78, 5) is 22.6.